The number of methoxy groups -OCH3 is 1. The lowest BCUT2D eigenvalue weighted by molar-refractivity contribution is -0.129. The van der Waals surface area contributed by atoms with E-state index in [4.69, 9.17) is 9.47 Å². The third-order valence-electron chi connectivity index (χ3n) is 3.74. The van der Waals surface area contributed by atoms with Crippen molar-refractivity contribution in [3.63, 3.8) is 0 Å². The molecule has 0 spiro atoms. The molecule has 2 aromatic rings. The Balaban J connectivity index is 1.78. The van der Waals surface area contributed by atoms with Gasteiger partial charge in [0.2, 0.25) is 5.90 Å². The van der Waals surface area contributed by atoms with E-state index in [0.29, 0.717) is 0 Å². The van der Waals surface area contributed by atoms with Gasteiger partial charge < -0.3 is 9.47 Å². The summed E-state index contributed by atoms with van der Waals surface area (Å²) in [4.78, 5) is 16.3. The Hall–Kier alpha value is -3.40. The maximum absolute atomic E-state index is 12.0. The van der Waals surface area contributed by atoms with Crippen LogP contribution in [-0.4, -0.2) is 19.0 Å². The number of hydrogen-bond acceptors (Lipinski definition) is 4. The van der Waals surface area contributed by atoms with Gasteiger partial charge in [-0.2, -0.15) is 0 Å². The number of benzene rings is 2. The van der Waals surface area contributed by atoms with Crippen LogP contribution in [0.25, 0.3) is 12.2 Å². The number of rotatable bonds is 5. The highest BCUT2D eigenvalue weighted by Crippen LogP contribution is 2.20. The SMILES string of the molecule is COc1ccccc1/C=C/C1=NC(=C\C(C)=C\c2ccccc2)/C(=O)O1. The summed E-state index contributed by atoms with van der Waals surface area (Å²) >= 11 is 0. The monoisotopic (exact) mass is 345 g/mol. The summed E-state index contributed by atoms with van der Waals surface area (Å²) in [5.74, 6) is 0.552. The van der Waals surface area contributed by atoms with Crippen molar-refractivity contribution in [3.05, 3.63) is 89.1 Å². The van der Waals surface area contributed by atoms with Gasteiger partial charge in [-0.15, -0.1) is 0 Å². The molecule has 0 N–H and O–H groups in total. The quantitative estimate of drug-likeness (QED) is 0.585. The number of aliphatic imine (C=N–C) groups is 1. The third kappa shape index (κ3) is 4.36. The fourth-order valence-electron chi connectivity index (χ4n) is 2.53. The van der Waals surface area contributed by atoms with Crippen LogP contribution in [0.4, 0.5) is 0 Å². The molecule has 130 valence electrons. The summed E-state index contributed by atoms with van der Waals surface area (Å²) in [7, 11) is 1.61. The molecule has 3 rings (SSSR count). The number of carbonyl (C=O) groups excluding carboxylic acids is 1. The average Bonchev–Trinajstić information content (AvgIpc) is 3.00. The number of allylic oxidation sites excluding steroid dienone is 2. The molecule has 0 unspecified atom stereocenters. The van der Waals surface area contributed by atoms with Crippen molar-refractivity contribution in [1.29, 1.82) is 0 Å². The molecular weight excluding hydrogens is 326 g/mol. The van der Waals surface area contributed by atoms with Crippen molar-refractivity contribution in [3.8, 4) is 5.75 Å². The number of hydrogen-bond donors (Lipinski definition) is 0. The number of ether oxygens (including phenoxy) is 2. The zero-order valence-electron chi connectivity index (χ0n) is 14.7. The van der Waals surface area contributed by atoms with Crippen molar-refractivity contribution in [2.24, 2.45) is 4.99 Å². The molecule has 26 heavy (non-hydrogen) atoms. The average molecular weight is 345 g/mol. The van der Waals surface area contributed by atoms with E-state index in [1.165, 1.54) is 0 Å². The van der Waals surface area contributed by atoms with E-state index in [2.05, 4.69) is 4.99 Å². The van der Waals surface area contributed by atoms with E-state index >= 15 is 0 Å². The second-order valence-corrected chi connectivity index (χ2v) is 5.74. The molecule has 0 saturated heterocycles. The van der Waals surface area contributed by atoms with Crippen LogP contribution in [0, 0.1) is 0 Å². The van der Waals surface area contributed by atoms with Crippen LogP contribution < -0.4 is 4.74 Å². The number of carbonyl (C=O) groups is 1. The minimum atomic E-state index is -0.453. The Morgan fingerprint density at radius 1 is 1.04 bits per heavy atom. The van der Waals surface area contributed by atoms with Gasteiger partial charge in [0.15, 0.2) is 5.70 Å². The van der Waals surface area contributed by atoms with Crippen LogP contribution in [0.5, 0.6) is 5.75 Å². The molecule has 0 bridgehead atoms. The number of para-hydroxylation sites is 1. The van der Waals surface area contributed by atoms with Crippen molar-refractivity contribution in [2.45, 2.75) is 6.92 Å². The summed E-state index contributed by atoms with van der Waals surface area (Å²) in [6.45, 7) is 1.92. The predicted octanol–water partition coefficient (Wildman–Crippen LogP) is 4.65. The molecule has 1 aliphatic rings. The molecule has 1 aliphatic heterocycles. The van der Waals surface area contributed by atoms with Crippen molar-refractivity contribution in [1.82, 2.24) is 0 Å². The van der Waals surface area contributed by atoms with Crippen LogP contribution >= 0.6 is 0 Å². The van der Waals surface area contributed by atoms with Gasteiger partial charge in [-0.3, -0.25) is 0 Å². The van der Waals surface area contributed by atoms with Crippen LogP contribution in [-0.2, 0) is 9.53 Å². The Morgan fingerprint density at radius 2 is 1.77 bits per heavy atom. The Bertz CT molecular complexity index is 921. The van der Waals surface area contributed by atoms with Crippen LogP contribution in [0.1, 0.15) is 18.1 Å². The molecule has 0 radical (unpaired) electrons. The number of esters is 1. The van der Waals surface area contributed by atoms with Crippen LogP contribution in [0.2, 0.25) is 0 Å². The lowest BCUT2D eigenvalue weighted by Crippen LogP contribution is -2.01. The summed E-state index contributed by atoms with van der Waals surface area (Å²) in [6.07, 6.45) is 7.17. The molecule has 0 fully saturated rings. The Kier molecular flexibility index (Phi) is 5.44. The molecule has 0 aliphatic carbocycles. The summed E-state index contributed by atoms with van der Waals surface area (Å²) in [6, 6.07) is 17.5. The van der Waals surface area contributed by atoms with Crippen molar-refractivity contribution >= 4 is 24.0 Å². The standard InChI is InChI=1S/C22H19NO3/c1-16(14-17-8-4-3-5-9-17)15-19-22(24)26-21(23-19)13-12-18-10-6-7-11-20(18)25-2/h3-15H,1-2H3/b13-12+,16-14+,19-15-. The van der Waals surface area contributed by atoms with Gasteiger partial charge >= 0.3 is 5.97 Å². The lowest BCUT2D eigenvalue weighted by atomic mass is 10.1. The van der Waals surface area contributed by atoms with E-state index in [-0.39, 0.29) is 11.6 Å². The highest BCUT2D eigenvalue weighted by atomic mass is 16.6. The zero-order chi connectivity index (χ0) is 18.4. The first-order valence-corrected chi connectivity index (χ1v) is 8.23. The molecule has 0 aromatic heterocycles. The molecule has 0 atom stereocenters. The maximum atomic E-state index is 12.0. The van der Waals surface area contributed by atoms with Gasteiger partial charge in [-0.05, 0) is 36.3 Å². The zero-order valence-corrected chi connectivity index (χ0v) is 14.7. The van der Waals surface area contributed by atoms with Gasteiger partial charge in [0, 0.05) is 11.6 Å². The van der Waals surface area contributed by atoms with Crippen LogP contribution in [0.15, 0.2) is 83.0 Å². The molecular formula is C22H19NO3. The van der Waals surface area contributed by atoms with E-state index < -0.39 is 5.97 Å². The number of cyclic esters (lactones) is 1. The van der Waals surface area contributed by atoms with Gasteiger partial charge in [0.05, 0.1) is 7.11 Å². The lowest BCUT2D eigenvalue weighted by Gasteiger charge is -2.02. The highest BCUT2D eigenvalue weighted by Gasteiger charge is 2.21. The van der Waals surface area contributed by atoms with E-state index in [0.717, 1.165) is 22.4 Å². The third-order valence-corrected chi connectivity index (χ3v) is 3.74. The Labute approximate surface area is 152 Å². The largest absolute Gasteiger partial charge is 0.496 e. The molecule has 0 amide bonds. The predicted molar refractivity (Wildman–Crippen MR) is 104 cm³/mol. The highest BCUT2D eigenvalue weighted by molar-refractivity contribution is 6.10. The molecule has 4 heteroatoms. The smallest absolute Gasteiger partial charge is 0.363 e. The summed E-state index contributed by atoms with van der Waals surface area (Å²) in [5.41, 5.74) is 3.15. The second kappa shape index (κ2) is 8.12. The first-order valence-electron chi connectivity index (χ1n) is 8.23. The van der Waals surface area contributed by atoms with E-state index in [1.807, 2.05) is 67.6 Å². The fourth-order valence-corrected chi connectivity index (χ4v) is 2.53. The Morgan fingerprint density at radius 3 is 2.54 bits per heavy atom. The maximum Gasteiger partial charge on any atom is 0.363 e. The summed E-state index contributed by atoms with van der Waals surface area (Å²) < 4.78 is 10.5. The second-order valence-electron chi connectivity index (χ2n) is 5.74. The van der Waals surface area contributed by atoms with Crippen LogP contribution in [0.3, 0.4) is 0 Å². The van der Waals surface area contributed by atoms with Gasteiger partial charge in [0.25, 0.3) is 0 Å². The van der Waals surface area contributed by atoms with Crippen molar-refractivity contribution in [2.75, 3.05) is 7.11 Å². The first kappa shape index (κ1) is 17.4. The van der Waals surface area contributed by atoms with E-state index in [9.17, 15) is 4.79 Å². The van der Waals surface area contributed by atoms with Gasteiger partial charge in [0.1, 0.15) is 5.75 Å². The first-order chi connectivity index (χ1) is 12.7. The fraction of sp³-hybridized carbons (Fsp3) is 0.0909. The number of nitrogens with zero attached hydrogens (tertiary/aromatic N) is 1. The van der Waals surface area contributed by atoms with Gasteiger partial charge in [-0.1, -0.05) is 54.6 Å². The van der Waals surface area contributed by atoms with Gasteiger partial charge in [-0.25, -0.2) is 9.79 Å². The minimum Gasteiger partial charge on any atom is -0.496 e. The van der Waals surface area contributed by atoms with E-state index in [1.54, 1.807) is 25.3 Å². The van der Waals surface area contributed by atoms with Crippen molar-refractivity contribution < 1.29 is 14.3 Å². The normalized spacial score (nSPS) is 16.1. The topological polar surface area (TPSA) is 47.9 Å². The molecule has 1 heterocycles. The minimum absolute atomic E-state index is 0.264. The molecule has 0 saturated carbocycles. The molecule has 2 aromatic carbocycles. The summed E-state index contributed by atoms with van der Waals surface area (Å²) in [5, 5.41) is 0. The molecule has 4 nitrogen and oxygen atoms in total.